The fourth-order valence-electron chi connectivity index (χ4n) is 1.42. The van der Waals surface area contributed by atoms with Crippen LogP contribution in [0.5, 0.6) is 0 Å². The molecular formula is C13H9BrN2O2. The van der Waals surface area contributed by atoms with Crippen LogP contribution in [0.3, 0.4) is 0 Å². The first-order valence-electron chi connectivity index (χ1n) is 5.20. The van der Waals surface area contributed by atoms with Gasteiger partial charge in [0.25, 0.3) is 5.69 Å². The largest absolute Gasteiger partial charge is 0.270 e. The summed E-state index contributed by atoms with van der Waals surface area (Å²) >= 11 is 3.39. The van der Waals surface area contributed by atoms with E-state index in [1.165, 1.54) is 12.1 Å². The molecule has 0 radical (unpaired) electrons. The summed E-state index contributed by atoms with van der Waals surface area (Å²) in [4.78, 5) is 14.5. The Kier molecular flexibility index (Phi) is 3.84. The van der Waals surface area contributed by atoms with Gasteiger partial charge in [-0.05, 0) is 33.6 Å². The number of halogens is 1. The van der Waals surface area contributed by atoms with E-state index >= 15 is 0 Å². The van der Waals surface area contributed by atoms with E-state index in [-0.39, 0.29) is 5.69 Å². The van der Waals surface area contributed by atoms with Crippen LogP contribution in [0.15, 0.2) is 58.0 Å². The smallest absolute Gasteiger partial charge is 0.258 e. The molecule has 2 rings (SSSR count). The minimum Gasteiger partial charge on any atom is -0.258 e. The van der Waals surface area contributed by atoms with Gasteiger partial charge in [0.05, 0.1) is 10.6 Å². The SMILES string of the molecule is O=[N+]([O-])c1cccc(C=Nc2ccccc2Br)c1. The Morgan fingerprint density at radius 2 is 1.94 bits per heavy atom. The first-order chi connectivity index (χ1) is 8.66. The topological polar surface area (TPSA) is 55.5 Å². The summed E-state index contributed by atoms with van der Waals surface area (Å²) < 4.78 is 0.881. The normalized spacial score (nSPS) is 10.7. The van der Waals surface area contributed by atoms with E-state index in [2.05, 4.69) is 20.9 Å². The Morgan fingerprint density at radius 3 is 2.67 bits per heavy atom. The highest BCUT2D eigenvalue weighted by molar-refractivity contribution is 9.10. The lowest BCUT2D eigenvalue weighted by atomic mass is 10.2. The third-order valence-corrected chi connectivity index (χ3v) is 2.96. The third kappa shape index (κ3) is 3.01. The van der Waals surface area contributed by atoms with Crippen molar-refractivity contribution in [2.45, 2.75) is 0 Å². The molecule has 0 unspecified atom stereocenters. The summed E-state index contributed by atoms with van der Waals surface area (Å²) in [7, 11) is 0. The molecule has 0 aromatic heterocycles. The average molecular weight is 305 g/mol. The molecule has 0 saturated carbocycles. The van der Waals surface area contributed by atoms with Crippen LogP contribution in [0.1, 0.15) is 5.56 Å². The number of hydrogen-bond acceptors (Lipinski definition) is 3. The Labute approximate surface area is 112 Å². The third-order valence-electron chi connectivity index (χ3n) is 2.29. The van der Waals surface area contributed by atoms with E-state index in [1.807, 2.05) is 24.3 Å². The van der Waals surface area contributed by atoms with Crippen molar-refractivity contribution in [2.24, 2.45) is 4.99 Å². The van der Waals surface area contributed by atoms with Gasteiger partial charge in [0.2, 0.25) is 0 Å². The Balaban J connectivity index is 2.27. The van der Waals surface area contributed by atoms with E-state index in [9.17, 15) is 10.1 Å². The van der Waals surface area contributed by atoms with Gasteiger partial charge in [0.1, 0.15) is 0 Å². The average Bonchev–Trinajstić information content (AvgIpc) is 2.38. The van der Waals surface area contributed by atoms with E-state index in [4.69, 9.17) is 0 Å². The minimum absolute atomic E-state index is 0.0612. The number of non-ortho nitro benzene ring substituents is 1. The fourth-order valence-corrected chi connectivity index (χ4v) is 1.81. The van der Waals surface area contributed by atoms with Crippen LogP contribution in [0.25, 0.3) is 0 Å². The predicted molar refractivity (Wildman–Crippen MR) is 74.5 cm³/mol. The van der Waals surface area contributed by atoms with Gasteiger partial charge in [-0.25, -0.2) is 0 Å². The molecule has 0 aliphatic heterocycles. The summed E-state index contributed by atoms with van der Waals surface area (Å²) in [6.07, 6.45) is 1.60. The monoisotopic (exact) mass is 304 g/mol. The van der Waals surface area contributed by atoms with Gasteiger partial charge >= 0.3 is 0 Å². The lowest BCUT2D eigenvalue weighted by Crippen LogP contribution is -1.89. The molecule has 0 spiro atoms. The number of hydrogen-bond donors (Lipinski definition) is 0. The quantitative estimate of drug-likeness (QED) is 0.487. The maximum atomic E-state index is 10.6. The number of benzene rings is 2. The molecule has 0 amide bonds. The van der Waals surface area contributed by atoms with E-state index in [0.717, 1.165) is 10.2 Å². The number of rotatable bonds is 3. The lowest BCUT2D eigenvalue weighted by Gasteiger charge is -1.97. The fraction of sp³-hybridized carbons (Fsp3) is 0. The Bertz CT molecular complexity index is 611. The Morgan fingerprint density at radius 1 is 1.17 bits per heavy atom. The molecule has 0 aliphatic carbocycles. The van der Waals surface area contributed by atoms with Gasteiger partial charge < -0.3 is 0 Å². The number of nitro groups is 1. The second kappa shape index (κ2) is 5.55. The molecule has 2 aromatic carbocycles. The number of nitro benzene ring substituents is 1. The summed E-state index contributed by atoms with van der Waals surface area (Å²) in [6, 6.07) is 13.9. The molecular weight excluding hydrogens is 296 g/mol. The van der Waals surface area contributed by atoms with Crippen molar-refractivity contribution < 1.29 is 4.92 Å². The van der Waals surface area contributed by atoms with Gasteiger partial charge in [-0.3, -0.25) is 15.1 Å². The highest BCUT2D eigenvalue weighted by Crippen LogP contribution is 2.24. The van der Waals surface area contributed by atoms with Crippen molar-refractivity contribution in [1.29, 1.82) is 0 Å². The maximum absolute atomic E-state index is 10.6. The lowest BCUT2D eigenvalue weighted by molar-refractivity contribution is -0.384. The van der Waals surface area contributed by atoms with Crippen LogP contribution in [0.2, 0.25) is 0 Å². The molecule has 0 saturated heterocycles. The zero-order chi connectivity index (χ0) is 13.0. The van der Waals surface area contributed by atoms with Crippen LogP contribution >= 0.6 is 15.9 Å². The summed E-state index contributed by atoms with van der Waals surface area (Å²) in [5.41, 5.74) is 1.54. The van der Waals surface area contributed by atoms with Crippen molar-refractivity contribution >= 4 is 33.5 Å². The highest BCUT2D eigenvalue weighted by Gasteiger charge is 2.04. The molecule has 4 nitrogen and oxygen atoms in total. The molecule has 5 heteroatoms. The molecule has 18 heavy (non-hydrogen) atoms. The highest BCUT2D eigenvalue weighted by atomic mass is 79.9. The van der Waals surface area contributed by atoms with Crippen LogP contribution < -0.4 is 0 Å². The summed E-state index contributed by atoms with van der Waals surface area (Å²) in [5.74, 6) is 0. The van der Waals surface area contributed by atoms with Gasteiger partial charge in [-0.15, -0.1) is 0 Å². The van der Waals surface area contributed by atoms with Crippen LogP contribution in [-0.4, -0.2) is 11.1 Å². The van der Waals surface area contributed by atoms with Gasteiger partial charge in [-0.2, -0.15) is 0 Å². The second-order valence-electron chi connectivity index (χ2n) is 3.56. The van der Waals surface area contributed by atoms with E-state index in [0.29, 0.717) is 5.56 Å². The molecule has 0 atom stereocenters. The maximum Gasteiger partial charge on any atom is 0.270 e. The van der Waals surface area contributed by atoms with Gasteiger partial charge in [0.15, 0.2) is 0 Å². The zero-order valence-corrected chi connectivity index (χ0v) is 10.9. The van der Waals surface area contributed by atoms with Crippen molar-refractivity contribution in [3.8, 4) is 0 Å². The Hall–Kier alpha value is -2.01. The molecule has 0 N–H and O–H groups in total. The number of nitrogens with zero attached hydrogens (tertiary/aromatic N) is 2. The predicted octanol–water partition coefficient (Wildman–Crippen LogP) is 4.11. The van der Waals surface area contributed by atoms with Crippen molar-refractivity contribution in [2.75, 3.05) is 0 Å². The molecule has 90 valence electrons. The standard InChI is InChI=1S/C13H9BrN2O2/c14-12-6-1-2-7-13(12)15-9-10-4-3-5-11(8-10)16(17)18/h1-9H. The summed E-state index contributed by atoms with van der Waals surface area (Å²) in [6.45, 7) is 0. The van der Waals surface area contributed by atoms with Crippen molar-refractivity contribution in [3.05, 3.63) is 68.7 Å². The first kappa shape index (κ1) is 12.4. The second-order valence-corrected chi connectivity index (χ2v) is 4.42. The molecule has 0 fully saturated rings. The van der Waals surface area contributed by atoms with Crippen LogP contribution in [-0.2, 0) is 0 Å². The number of aliphatic imine (C=N–C) groups is 1. The minimum atomic E-state index is -0.421. The first-order valence-corrected chi connectivity index (χ1v) is 5.99. The van der Waals surface area contributed by atoms with Gasteiger partial charge in [-0.1, -0.05) is 24.3 Å². The van der Waals surface area contributed by atoms with Crippen molar-refractivity contribution in [3.63, 3.8) is 0 Å². The van der Waals surface area contributed by atoms with Gasteiger partial charge in [0, 0.05) is 22.8 Å². The van der Waals surface area contributed by atoms with Crippen LogP contribution in [0.4, 0.5) is 11.4 Å². The summed E-state index contributed by atoms with van der Waals surface area (Å²) in [5, 5.41) is 10.6. The van der Waals surface area contributed by atoms with E-state index in [1.54, 1.807) is 18.3 Å². The van der Waals surface area contributed by atoms with Crippen molar-refractivity contribution in [1.82, 2.24) is 0 Å². The van der Waals surface area contributed by atoms with E-state index < -0.39 is 4.92 Å². The number of para-hydroxylation sites is 1. The molecule has 0 heterocycles. The van der Waals surface area contributed by atoms with Crippen LogP contribution in [0, 0.1) is 10.1 Å². The molecule has 0 aliphatic rings. The molecule has 2 aromatic rings. The molecule has 0 bridgehead atoms. The zero-order valence-electron chi connectivity index (χ0n) is 9.29.